The summed E-state index contributed by atoms with van der Waals surface area (Å²) in [4.78, 5) is 72.8. The highest BCUT2D eigenvalue weighted by Crippen LogP contribution is 2.43. The number of hydrogen-bond donors (Lipinski definition) is 3. The lowest BCUT2D eigenvalue weighted by Crippen LogP contribution is -2.58. The first-order chi connectivity index (χ1) is 27.6. The highest BCUT2D eigenvalue weighted by atomic mass is 32.2. The van der Waals surface area contributed by atoms with Gasteiger partial charge in [0.1, 0.15) is 41.6 Å². The molecule has 1 saturated carbocycles. The van der Waals surface area contributed by atoms with Crippen LogP contribution in [0.2, 0.25) is 0 Å². The number of hydrogen-bond acceptors (Lipinski definition) is 11. The summed E-state index contributed by atoms with van der Waals surface area (Å²) in [7, 11) is -2.80. The highest BCUT2D eigenvalue weighted by molar-refractivity contribution is 7.90. The largest absolute Gasteiger partial charge is 0.497 e. The summed E-state index contributed by atoms with van der Waals surface area (Å²) >= 11 is 0. The van der Waals surface area contributed by atoms with Crippen LogP contribution < -0.4 is 24.8 Å². The number of rotatable bonds is 13. The molecule has 1 aliphatic carbocycles. The summed E-state index contributed by atoms with van der Waals surface area (Å²) < 4.78 is 45.7. The number of fused-ring (bicyclic) bond motifs is 1. The summed E-state index contributed by atoms with van der Waals surface area (Å²) in [6.45, 7) is 8.31. The number of alkyl carbamates (subject to hydrolysis) is 1. The zero-order valence-corrected chi connectivity index (χ0v) is 33.1. The Labute approximate surface area is 335 Å². The normalized spacial score (nSPS) is 19.3. The van der Waals surface area contributed by atoms with Crippen molar-refractivity contribution in [2.45, 2.75) is 74.3 Å². The van der Waals surface area contributed by atoms with E-state index in [0.717, 1.165) is 5.56 Å². The number of pyridine rings is 1. The topological polar surface area (TPSA) is 199 Å². The van der Waals surface area contributed by atoms with Crippen molar-refractivity contribution < 1.29 is 46.6 Å². The molecule has 2 fully saturated rings. The molecule has 0 spiro atoms. The van der Waals surface area contributed by atoms with Gasteiger partial charge in [-0.15, -0.1) is 5.73 Å². The first-order valence-corrected chi connectivity index (χ1v) is 19.8. The summed E-state index contributed by atoms with van der Waals surface area (Å²) in [5.41, 5.74) is 2.01. The fraction of sp³-hybridized carbons (Fsp3) is 0.310. The Morgan fingerprint density at radius 3 is 2.34 bits per heavy atom. The number of benzene rings is 3. The van der Waals surface area contributed by atoms with E-state index in [4.69, 9.17) is 19.2 Å². The van der Waals surface area contributed by atoms with Crippen molar-refractivity contribution in [3.63, 3.8) is 0 Å². The van der Waals surface area contributed by atoms with E-state index in [2.05, 4.69) is 22.9 Å². The molecule has 1 aliphatic heterocycles. The van der Waals surface area contributed by atoms with Crippen molar-refractivity contribution in [3.05, 3.63) is 103 Å². The summed E-state index contributed by atoms with van der Waals surface area (Å²) in [6.07, 6.45) is -1.99. The third-order valence-corrected chi connectivity index (χ3v) is 10.9. The minimum Gasteiger partial charge on any atom is -0.497 e. The van der Waals surface area contributed by atoms with Crippen LogP contribution in [0.1, 0.15) is 40.0 Å². The van der Waals surface area contributed by atoms with E-state index < -0.39 is 69.6 Å². The molecule has 1 saturated heterocycles. The lowest BCUT2D eigenvalue weighted by atomic mass is 10.1. The first-order valence-electron chi connectivity index (χ1n) is 18.4. The maximum absolute atomic E-state index is 14.4. The first kappa shape index (κ1) is 41.1. The number of sulfonamides is 1. The van der Waals surface area contributed by atoms with Gasteiger partial charge in [0.2, 0.25) is 11.8 Å². The van der Waals surface area contributed by atoms with Crippen molar-refractivity contribution in [3.8, 4) is 22.8 Å². The van der Waals surface area contributed by atoms with E-state index in [1.165, 1.54) is 36.3 Å². The van der Waals surface area contributed by atoms with Crippen molar-refractivity contribution in [1.82, 2.24) is 25.2 Å². The summed E-state index contributed by atoms with van der Waals surface area (Å²) in [5.74, 6) is -1.71. The molecule has 0 unspecified atom stereocenters. The molecular weight excluding hydrogens is 767 g/mol. The van der Waals surface area contributed by atoms with Crippen LogP contribution in [-0.2, 0) is 33.9 Å². The molecule has 2 heterocycles. The molecule has 4 amide bonds. The number of likely N-dealkylation sites (tertiary alicyclic amines) is 1. The third kappa shape index (κ3) is 9.03. The molecular formula is C42H43N5O10S. The average Bonchev–Trinajstić information content (AvgIpc) is 3.75. The van der Waals surface area contributed by atoms with Crippen LogP contribution in [-0.4, -0.2) is 91.4 Å². The molecule has 4 aromatic rings. The standard InChI is InChI=1S/C42H43N5O10S/c1-6-27-24-42(27,39(51)46-58(53,54)30-15-11-8-12-16-30)45-37(49)35-22-29(25-47(35)38(50)32(19-20-48)44-40(52)57-41(2,3)4)56-36-23-33(26-13-9-7-10-14-26)43-34-21-28(55-5)17-18-31(34)36/h7-18,20-21,23,29,32,35H,1,19,22,24-25H2,2-5H3,(H,44,52)(H,45,49)(H,46,51)/t29-,32+,35+,42-/m1/s1. The molecule has 2 aliphatic rings. The maximum Gasteiger partial charge on any atom is 0.408 e. The summed E-state index contributed by atoms with van der Waals surface area (Å²) in [6, 6.07) is 20.9. The van der Waals surface area contributed by atoms with Crippen molar-refractivity contribution >= 4 is 51.0 Å². The van der Waals surface area contributed by atoms with Gasteiger partial charge in [-0.1, -0.05) is 55.1 Å². The van der Waals surface area contributed by atoms with Gasteiger partial charge in [-0.2, -0.15) is 0 Å². The molecule has 15 nitrogen and oxygen atoms in total. The lowest BCUT2D eigenvalue weighted by Gasteiger charge is -2.29. The lowest BCUT2D eigenvalue weighted by molar-refractivity contribution is -0.141. The van der Waals surface area contributed by atoms with Gasteiger partial charge in [0.05, 0.1) is 29.8 Å². The number of aldehydes is 1. The quantitative estimate of drug-likeness (QED) is 0.129. The van der Waals surface area contributed by atoms with Crippen LogP contribution in [0.5, 0.6) is 11.5 Å². The molecule has 0 bridgehead atoms. The predicted octanol–water partition coefficient (Wildman–Crippen LogP) is 4.22. The average molecular weight is 810 g/mol. The van der Waals surface area contributed by atoms with E-state index in [-0.39, 0.29) is 29.9 Å². The Hall–Kier alpha value is -6.51. The SMILES string of the molecule is C=C=C1C[C@]1(NC(=O)[C@@H]1C[C@@H](Oc2cc(-c3ccccc3)nc3cc(OC)ccc23)CN1C(=O)[C@H](CC=O)NC(=O)OC(C)(C)C)C(=O)NS(=O)(=O)c1ccccc1. The zero-order valence-electron chi connectivity index (χ0n) is 32.3. The number of ether oxygens (including phenoxy) is 3. The van der Waals surface area contributed by atoms with Gasteiger partial charge in [-0.25, -0.2) is 22.9 Å². The van der Waals surface area contributed by atoms with Crippen molar-refractivity contribution in [2.75, 3.05) is 13.7 Å². The second-order valence-corrected chi connectivity index (χ2v) is 16.5. The molecule has 302 valence electrons. The molecule has 4 atom stereocenters. The number of nitrogens with zero attached hydrogens (tertiary/aromatic N) is 2. The molecule has 16 heteroatoms. The monoisotopic (exact) mass is 809 g/mol. The number of methoxy groups -OCH3 is 1. The Bertz CT molecular complexity index is 2410. The van der Waals surface area contributed by atoms with Gasteiger partial charge in [0.25, 0.3) is 15.9 Å². The van der Waals surface area contributed by atoms with E-state index in [1.807, 2.05) is 35.1 Å². The Morgan fingerprint density at radius 2 is 1.72 bits per heavy atom. The van der Waals surface area contributed by atoms with E-state index in [9.17, 15) is 32.4 Å². The van der Waals surface area contributed by atoms with Crippen LogP contribution in [0.25, 0.3) is 22.2 Å². The van der Waals surface area contributed by atoms with Gasteiger partial charge >= 0.3 is 6.09 Å². The van der Waals surface area contributed by atoms with Gasteiger partial charge in [0, 0.05) is 47.9 Å². The van der Waals surface area contributed by atoms with E-state index in [0.29, 0.717) is 34.4 Å². The van der Waals surface area contributed by atoms with Crippen LogP contribution in [0.3, 0.4) is 0 Å². The number of amides is 4. The fourth-order valence-corrected chi connectivity index (χ4v) is 7.72. The molecule has 3 aromatic carbocycles. The summed E-state index contributed by atoms with van der Waals surface area (Å²) in [5, 5.41) is 5.72. The van der Waals surface area contributed by atoms with Gasteiger partial charge in [-0.3, -0.25) is 14.4 Å². The van der Waals surface area contributed by atoms with Crippen LogP contribution in [0.15, 0.2) is 108 Å². The van der Waals surface area contributed by atoms with Crippen LogP contribution >= 0.6 is 0 Å². The molecule has 3 N–H and O–H groups in total. The molecule has 58 heavy (non-hydrogen) atoms. The minimum atomic E-state index is -4.34. The number of aromatic nitrogens is 1. The van der Waals surface area contributed by atoms with Crippen LogP contribution in [0.4, 0.5) is 4.79 Å². The maximum atomic E-state index is 14.4. The van der Waals surface area contributed by atoms with E-state index in [1.54, 1.807) is 51.1 Å². The predicted molar refractivity (Wildman–Crippen MR) is 212 cm³/mol. The number of carbonyl (C=O) groups excluding carboxylic acids is 5. The molecule has 1 aromatic heterocycles. The second-order valence-electron chi connectivity index (χ2n) is 14.8. The minimum absolute atomic E-state index is 0.0956. The van der Waals surface area contributed by atoms with Crippen molar-refractivity contribution in [1.29, 1.82) is 0 Å². The number of carbonyl (C=O) groups is 5. The second kappa shape index (κ2) is 16.5. The fourth-order valence-electron chi connectivity index (χ4n) is 6.67. The molecule has 6 rings (SSSR count). The Kier molecular flexibility index (Phi) is 11.7. The number of nitrogens with one attached hydrogen (secondary N) is 3. The third-order valence-electron chi connectivity index (χ3n) is 9.56. The van der Waals surface area contributed by atoms with Crippen LogP contribution in [0, 0.1) is 0 Å². The van der Waals surface area contributed by atoms with Gasteiger partial charge < -0.3 is 34.5 Å². The van der Waals surface area contributed by atoms with E-state index >= 15 is 0 Å². The highest BCUT2D eigenvalue weighted by Gasteiger charge is 2.59. The smallest absolute Gasteiger partial charge is 0.408 e. The van der Waals surface area contributed by atoms with Crippen molar-refractivity contribution in [2.24, 2.45) is 0 Å². The van der Waals surface area contributed by atoms with Gasteiger partial charge in [0.15, 0.2) is 5.54 Å². The Morgan fingerprint density at radius 1 is 1.03 bits per heavy atom. The van der Waals surface area contributed by atoms with Gasteiger partial charge in [-0.05, 0) is 45.0 Å². The Balaban J connectivity index is 1.33. The zero-order chi connectivity index (χ0) is 41.8. The molecule has 0 radical (unpaired) electrons.